The molecule has 0 bridgehead atoms. The van der Waals surface area contributed by atoms with Gasteiger partial charge in [0, 0.05) is 47.9 Å². The van der Waals surface area contributed by atoms with E-state index in [2.05, 4.69) is 137 Å². The molecular weight excluding hydrogens is 669 g/mol. The molecule has 2 heterocycles. The molecule has 4 rings (SSSR count). The first kappa shape index (κ1) is 41.0. The van der Waals surface area contributed by atoms with Crippen LogP contribution in [0.15, 0.2) is 73.1 Å². The molecule has 0 spiro atoms. The van der Waals surface area contributed by atoms with Gasteiger partial charge in [0.25, 0.3) is 0 Å². The van der Waals surface area contributed by atoms with E-state index in [4.69, 9.17) is 19.4 Å². The SMILES string of the molecule is CCCCCCOCc1cc(C#C[Si](C)(C)C)cc(-c2ccc(-c3ccc(-c4cc(C#C[Si](C)(C)C)cc(COCCCCCC)c4)cn3)nc2)c1. The Labute approximate surface area is 317 Å². The second-order valence-electron chi connectivity index (χ2n) is 15.9. The molecule has 0 atom stereocenters. The third-order valence-electron chi connectivity index (χ3n) is 8.43. The van der Waals surface area contributed by atoms with E-state index < -0.39 is 16.1 Å². The van der Waals surface area contributed by atoms with Gasteiger partial charge >= 0.3 is 0 Å². The highest BCUT2D eigenvalue weighted by molar-refractivity contribution is 6.84. The van der Waals surface area contributed by atoms with E-state index >= 15 is 0 Å². The predicted octanol–water partition coefficient (Wildman–Crippen LogP) is 12.1. The van der Waals surface area contributed by atoms with Gasteiger partial charge in [0.15, 0.2) is 0 Å². The van der Waals surface area contributed by atoms with Gasteiger partial charge in [-0.2, -0.15) is 0 Å². The second-order valence-corrected chi connectivity index (χ2v) is 25.4. The number of unbranched alkanes of at least 4 members (excludes halogenated alkanes) is 6. The summed E-state index contributed by atoms with van der Waals surface area (Å²) >= 11 is 0. The Hall–Kier alpha value is -3.79. The van der Waals surface area contributed by atoms with E-state index in [0.717, 1.165) is 82.0 Å². The predicted molar refractivity (Wildman–Crippen MR) is 226 cm³/mol. The zero-order valence-corrected chi connectivity index (χ0v) is 35.1. The monoisotopic (exact) mass is 728 g/mol. The minimum atomic E-state index is -1.52. The molecule has 0 fully saturated rings. The maximum Gasteiger partial charge on any atom is 0.129 e. The fourth-order valence-corrected chi connectivity index (χ4v) is 6.66. The normalized spacial score (nSPS) is 11.5. The summed E-state index contributed by atoms with van der Waals surface area (Å²) < 4.78 is 12.1. The Morgan fingerprint density at radius 1 is 0.500 bits per heavy atom. The smallest absolute Gasteiger partial charge is 0.129 e. The number of aromatic nitrogens is 2. The summed E-state index contributed by atoms with van der Waals surface area (Å²) in [5.74, 6) is 6.92. The molecule has 0 saturated heterocycles. The van der Waals surface area contributed by atoms with Crippen molar-refractivity contribution in [1.82, 2.24) is 9.97 Å². The molecular formula is C46H60N2O2Si2. The average molecular weight is 729 g/mol. The number of ether oxygens (including phenoxy) is 2. The van der Waals surface area contributed by atoms with Gasteiger partial charge < -0.3 is 9.47 Å². The molecule has 0 radical (unpaired) electrons. The van der Waals surface area contributed by atoms with Crippen LogP contribution in [0.2, 0.25) is 39.3 Å². The number of hydrogen-bond donors (Lipinski definition) is 0. The number of benzene rings is 2. The third kappa shape index (κ3) is 14.7. The lowest BCUT2D eigenvalue weighted by Gasteiger charge is -2.11. The van der Waals surface area contributed by atoms with Crippen molar-refractivity contribution in [2.45, 2.75) is 118 Å². The molecule has 2 aromatic heterocycles. The number of rotatable bonds is 17. The molecule has 0 aliphatic rings. The summed E-state index contributed by atoms with van der Waals surface area (Å²) in [6.45, 7) is 20.9. The zero-order chi connectivity index (χ0) is 37.4. The van der Waals surface area contributed by atoms with Gasteiger partial charge in [-0.25, -0.2) is 0 Å². The second kappa shape index (κ2) is 20.5. The molecule has 0 N–H and O–H groups in total. The van der Waals surface area contributed by atoms with Gasteiger partial charge in [-0.05, 0) is 83.6 Å². The molecule has 0 aliphatic carbocycles. The van der Waals surface area contributed by atoms with Crippen LogP contribution in [0.4, 0.5) is 0 Å². The first-order valence-electron chi connectivity index (χ1n) is 19.4. The van der Waals surface area contributed by atoms with Crippen LogP contribution >= 0.6 is 0 Å². The Morgan fingerprint density at radius 2 is 0.923 bits per heavy atom. The van der Waals surface area contributed by atoms with Crippen LogP contribution in [-0.2, 0) is 22.7 Å². The third-order valence-corrected chi connectivity index (χ3v) is 10.2. The summed E-state index contributed by atoms with van der Waals surface area (Å²) in [6, 6.07) is 21.5. The Kier molecular flexibility index (Phi) is 16.1. The van der Waals surface area contributed by atoms with Crippen LogP contribution in [0.5, 0.6) is 0 Å². The van der Waals surface area contributed by atoms with Crippen molar-refractivity contribution in [2.24, 2.45) is 0 Å². The highest BCUT2D eigenvalue weighted by atomic mass is 28.3. The van der Waals surface area contributed by atoms with Crippen molar-refractivity contribution in [1.29, 1.82) is 0 Å². The summed E-state index contributed by atoms with van der Waals surface area (Å²) in [7, 11) is -3.04. The molecule has 6 heteroatoms. The van der Waals surface area contributed by atoms with Gasteiger partial charge in [-0.3, -0.25) is 9.97 Å². The summed E-state index contributed by atoms with van der Waals surface area (Å²) in [6.07, 6.45) is 13.5. The summed E-state index contributed by atoms with van der Waals surface area (Å²) in [4.78, 5) is 9.72. The highest BCUT2D eigenvalue weighted by Gasteiger charge is 2.11. The number of nitrogens with zero attached hydrogens (tertiary/aromatic N) is 2. The number of hydrogen-bond acceptors (Lipinski definition) is 4. The summed E-state index contributed by atoms with van der Waals surface area (Å²) in [5.41, 5.74) is 17.4. The lowest BCUT2D eigenvalue weighted by atomic mass is 10.00. The lowest BCUT2D eigenvalue weighted by Crippen LogP contribution is -2.16. The zero-order valence-electron chi connectivity index (χ0n) is 33.1. The van der Waals surface area contributed by atoms with E-state index in [0.29, 0.717) is 13.2 Å². The van der Waals surface area contributed by atoms with Crippen LogP contribution < -0.4 is 0 Å². The van der Waals surface area contributed by atoms with Gasteiger partial charge in [0.05, 0.1) is 24.6 Å². The van der Waals surface area contributed by atoms with Crippen molar-refractivity contribution >= 4 is 16.1 Å². The van der Waals surface area contributed by atoms with Crippen molar-refractivity contribution in [3.63, 3.8) is 0 Å². The maximum atomic E-state index is 6.07. The fourth-order valence-electron chi connectivity index (χ4n) is 5.62. The number of pyridine rings is 2. The van der Waals surface area contributed by atoms with Crippen molar-refractivity contribution < 1.29 is 9.47 Å². The quantitative estimate of drug-likeness (QED) is 0.0617. The fraction of sp³-hybridized carbons (Fsp3) is 0.435. The van der Waals surface area contributed by atoms with Crippen LogP contribution in [0, 0.1) is 22.9 Å². The van der Waals surface area contributed by atoms with Gasteiger partial charge in [-0.15, -0.1) is 11.1 Å². The Morgan fingerprint density at radius 3 is 1.27 bits per heavy atom. The van der Waals surface area contributed by atoms with Gasteiger partial charge in [0.2, 0.25) is 0 Å². The molecule has 4 nitrogen and oxygen atoms in total. The van der Waals surface area contributed by atoms with E-state index in [-0.39, 0.29) is 0 Å². The minimum Gasteiger partial charge on any atom is -0.377 e. The first-order chi connectivity index (χ1) is 24.9. The molecule has 0 unspecified atom stereocenters. The van der Waals surface area contributed by atoms with E-state index in [1.165, 1.54) is 38.5 Å². The topological polar surface area (TPSA) is 44.2 Å². The largest absolute Gasteiger partial charge is 0.377 e. The molecule has 0 amide bonds. The van der Waals surface area contributed by atoms with E-state index in [1.807, 2.05) is 12.4 Å². The van der Waals surface area contributed by atoms with E-state index in [1.54, 1.807) is 0 Å². The van der Waals surface area contributed by atoms with Crippen LogP contribution in [-0.4, -0.2) is 39.3 Å². The van der Waals surface area contributed by atoms with Crippen molar-refractivity contribution in [2.75, 3.05) is 13.2 Å². The van der Waals surface area contributed by atoms with Crippen LogP contribution in [0.25, 0.3) is 33.6 Å². The first-order valence-corrected chi connectivity index (χ1v) is 26.4. The highest BCUT2D eigenvalue weighted by Crippen LogP contribution is 2.27. The van der Waals surface area contributed by atoms with Crippen molar-refractivity contribution in [3.05, 3.63) is 95.3 Å². The maximum absolute atomic E-state index is 6.07. The molecule has 0 saturated carbocycles. The summed E-state index contributed by atoms with van der Waals surface area (Å²) in [5, 5.41) is 0. The molecule has 0 aliphatic heterocycles. The van der Waals surface area contributed by atoms with Crippen LogP contribution in [0.3, 0.4) is 0 Å². The molecule has 274 valence electrons. The van der Waals surface area contributed by atoms with Crippen molar-refractivity contribution in [3.8, 4) is 56.6 Å². The molecule has 2 aromatic carbocycles. The standard InChI is InChI=1S/C46H60N2O2Si2/c1-9-11-13-15-23-49-35-39-27-37(21-25-51(3,4)5)29-43(31-39)41-17-19-45(47-33-41)46-20-18-42(34-48-46)44-30-38(22-26-52(6,7)8)28-40(32-44)36-50-24-16-14-12-10-2/h17-20,27-34H,9-16,23-24,35-36H2,1-8H3. The average Bonchev–Trinajstić information content (AvgIpc) is 3.12. The minimum absolute atomic E-state index is 0.588. The Balaban J connectivity index is 1.53. The van der Waals surface area contributed by atoms with Crippen LogP contribution in [0.1, 0.15) is 87.5 Å². The van der Waals surface area contributed by atoms with Gasteiger partial charge in [-0.1, -0.05) is 116 Å². The molecule has 52 heavy (non-hydrogen) atoms. The van der Waals surface area contributed by atoms with E-state index in [9.17, 15) is 0 Å². The Bertz CT molecular complexity index is 1690. The lowest BCUT2D eigenvalue weighted by molar-refractivity contribution is 0.117. The molecule has 4 aromatic rings. The van der Waals surface area contributed by atoms with Gasteiger partial charge in [0.1, 0.15) is 16.1 Å².